The highest BCUT2D eigenvalue weighted by atomic mass is 16.5. The molecule has 1 rings (SSSR count). The number of methoxy groups -OCH3 is 1. The first kappa shape index (κ1) is 14.2. The van der Waals surface area contributed by atoms with Crippen molar-refractivity contribution in [3.05, 3.63) is 11.8 Å². The first-order chi connectivity index (χ1) is 8.54. The summed E-state index contributed by atoms with van der Waals surface area (Å²) in [5.41, 5.74) is 0. The predicted octanol–water partition coefficient (Wildman–Crippen LogP) is 0.0985. The SMILES string of the molecule is COCCNC(=O)CN(C(C)=O)c1cc(C)on1. The maximum absolute atomic E-state index is 11.6. The molecule has 0 aromatic carbocycles. The van der Waals surface area contributed by atoms with Crippen LogP contribution in [0, 0.1) is 6.92 Å². The second-order valence-electron chi connectivity index (χ2n) is 3.74. The summed E-state index contributed by atoms with van der Waals surface area (Å²) < 4.78 is 9.69. The van der Waals surface area contributed by atoms with Gasteiger partial charge in [0.05, 0.1) is 6.61 Å². The molecule has 2 amide bonds. The summed E-state index contributed by atoms with van der Waals surface area (Å²) in [6.07, 6.45) is 0. The maximum atomic E-state index is 11.6. The lowest BCUT2D eigenvalue weighted by Crippen LogP contribution is -2.40. The lowest BCUT2D eigenvalue weighted by Gasteiger charge is -2.16. The summed E-state index contributed by atoms with van der Waals surface area (Å²) in [5, 5.41) is 6.34. The molecule has 1 N–H and O–H groups in total. The molecule has 0 aliphatic rings. The molecule has 0 spiro atoms. The molecule has 1 aromatic rings. The molecule has 0 fully saturated rings. The molecule has 1 aromatic heterocycles. The van der Waals surface area contributed by atoms with Gasteiger partial charge in [0.25, 0.3) is 0 Å². The second-order valence-corrected chi connectivity index (χ2v) is 3.74. The minimum Gasteiger partial charge on any atom is -0.383 e. The van der Waals surface area contributed by atoms with Gasteiger partial charge in [-0.2, -0.15) is 0 Å². The Balaban J connectivity index is 2.59. The Morgan fingerprint density at radius 3 is 2.78 bits per heavy atom. The van der Waals surface area contributed by atoms with Crippen LogP contribution in [0.2, 0.25) is 0 Å². The number of anilines is 1. The highest BCUT2D eigenvalue weighted by Gasteiger charge is 2.18. The average molecular weight is 255 g/mol. The Bertz CT molecular complexity index is 416. The van der Waals surface area contributed by atoms with Gasteiger partial charge < -0.3 is 14.6 Å². The molecule has 0 unspecified atom stereocenters. The van der Waals surface area contributed by atoms with E-state index in [2.05, 4.69) is 10.5 Å². The van der Waals surface area contributed by atoms with Crippen molar-refractivity contribution in [2.75, 3.05) is 31.7 Å². The van der Waals surface area contributed by atoms with E-state index in [4.69, 9.17) is 9.26 Å². The van der Waals surface area contributed by atoms with Crippen molar-refractivity contribution in [1.82, 2.24) is 10.5 Å². The Morgan fingerprint density at radius 1 is 1.56 bits per heavy atom. The van der Waals surface area contributed by atoms with E-state index in [0.29, 0.717) is 24.7 Å². The Labute approximate surface area is 105 Å². The number of rotatable bonds is 6. The first-order valence-electron chi connectivity index (χ1n) is 5.51. The summed E-state index contributed by atoms with van der Waals surface area (Å²) >= 11 is 0. The quantitative estimate of drug-likeness (QED) is 0.729. The number of amides is 2. The Kier molecular flexibility index (Phi) is 5.31. The molecule has 0 radical (unpaired) electrons. The molecule has 0 aliphatic carbocycles. The number of hydrogen-bond acceptors (Lipinski definition) is 5. The molecule has 0 saturated heterocycles. The topological polar surface area (TPSA) is 84.7 Å². The van der Waals surface area contributed by atoms with Gasteiger partial charge in [-0.25, -0.2) is 0 Å². The van der Waals surface area contributed by atoms with E-state index in [1.54, 1.807) is 20.1 Å². The highest BCUT2D eigenvalue weighted by Crippen LogP contribution is 2.13. The van der Waals surface area contributed by atoms with Crippen molar-refractivity contribution in [3.63, 3.8) is 0 Å². The number of nitrogens with zero attached hydrogens (tertiary/aromatic N) is 2. The fourth-order valence-corrected chi connectivity index (χ4v) is 1.33. The van der Waals surface area contributed by atoms with E-state index in [-0.39, 0.29) is 18.4 Å². The van der Waals surface area contributed by atoms with E-state index in [9.17, 15) is 9.59 Å². The lowest BCUT2D eigenvalue weighted by molar-refractivity contribution is -0.123. The van der Waals surface area contributed by atoms with Gasteiger partial charge in [0.1, 0.15) is 12.3 Å². The van der Waals surface area contributed by atoms with Gasteiger partial charge in [0.2, 0.25) is 11.8 Å². The zero-order valence-electron chi connectivity index (χ0n) is 10.7. The monoisotopic (exact) mass is 255 g/mol. The number of ether oxygens (including phenoxy) is 1. The van der Waals surface area contributed by atoms with Gasteiger partial charge in [0, 0.05) is 26.6 Å². The number of aromatic nitrogens is 1. The molecule has 7 nitrogen and oxygen atoms in total. The van der Waals surface area contributed by atoms with Gasteiger partial charge in [-0.15, -0.1) is 0 Å². The van der Waals surface area contributed by atoms with E-state index < -0.39 is 0 Å². The molecule has 0 saturated carbocycles. The number of aryl methyl sites for hydroxylation is 1. The molecule has 100 valence electrons. The summed E-state index contributed by atoms with van der Waals surface area (Å²) in [5.74, 6) is 0.367. The molecule has 0 aliphatic heterocycles. The van der Waals surface area contributed by atoms with Crippen LogP contribution in [0.15, 0.2) is 10.6 Å². The van der Waals surface area contributed by atoms with Crippen LogP contribution in [0.4, 0.5) is 5.82 Å². The van der Waals surface area contributed by atoms with Crippen LogP contribution in [0.1, 0.15) is 12.7 Å². The molecular weight excluding hydrogens is 238 g/mol. The zero-order chi connectivity index (χ0) is 13.5. The average Bonchev–Trinajstić information content (AvgIpc) is 2.72. The summed E-state index contributed by atoms with van der Waals surface area (Å²) in [7, 11) is 1.55. The van der Waals surface area contributed by atoms with E-state index in [1.807, 2.05) is 0 Å². The number of nitrogens with one attached hydrogen (secondary N) is 1. The second kappa shape index (κ2) is 6.75. The van der Waals surface area contributed by atoms with E-state index in [0.717, 1.165) is 0 Å². The van der Waals surface area contributed by atoms with Crippen LogP contribution in [0.5, 0.6) is 0 Å². The van der Waals surface area contributed by atoms with Crippen molar-refractivity contribution in [1.29, 1.82) is 0 Å². The lowest BCUT2D eigenvalue weighted by atomic mass is 10.4. The highest BCUT2D eigenvalue weighted by molar-refractivity contribution is 5.96. The van der Waals surface area contributed by atoms with E-state index in [1.165, 1.54) is 11.8 Å². The van der Waals surface area contributed by atoms with Crippen LogP contribution < -0.4 is 10.2 Å². The van der Waals surface area contributed by atoms with Gasteiger partial charge in [0.15, 0.2) is 5.82 Å². The van der Waals surface area contributed by atoms with Gasteiger partial charge in [-0.05, 0) is 6.92 Å². The third-order valence-electron chi connectivity index (χ3n) is 2.20. The minimum atomic E-state index is -0.275. The largest absolute Gasteiger partial charge is 0.383 e. The Morgan fingerprint density at radius 2 is 2.28 bits per heavy atom. The molecule has 18 heavy (non-hydrogen) atoms. The molecule has 0 bridgehead atoms. The van der Waals surface area contributed by atoms with Crippen LogP contribution in [0.25, 0.3) is 0 Å². The van der Waals surface area contributed by atoms with Crippen molar-refractivity contribution in [3.8, 4) is 0 Å². The third kappa shape index (κ3) is 4.17. The van der Waals surface area contributed by atoms with Crippen molar-refractivity contribution >= 4 is 17.6 Å². The van der Waals surface area contributed by atoms with Crippen LogP contribution in [-0.2, 0) is 14.3 Å². The molecule has 0 atom stereocenters. The fraction of sp³-hybridized carbons (Fsp3) is 0.545. The van der Waals surface area contributed by atoms with Gasteiger partial charge in [-0.3, -0.25) is 14.5 Å². The van der Waals surface area contributed by atoms with Crippen LogP contribution in [-0.4, -0.2) is 43.8 Å². The van der Waals surface area contributed by atoms with Crippen molar-refractivity contribution in [2.45, 2.75) is 13.8 Å². The first-order valence-corrected chi connectivity index (χ1v) is 5.51. The smallest absolute Gasteiger partial charge is 0.240 e. The third-order valence-corrected chi connectivity index (χ3v) is 2.20. The summed E-state index contributed by atoms with van der Waals surface area (Å²) in [4.78, 5) is 24.3. The van der Waals surface area contributed by atoms with Crippen molar-refractivity contribution < 1.29 is 18.8 Å². The van der Waals surface area contributed by atoms with Crippen LogP contribution in [0.3, 0.4) is 0 Å². The number of carbonyl (C=O) groups is 2. The zero-order valence-corrected chi connectivity index (χ0v) is 10.7. The normalized spacial score (nSPS) is 10.2. The minimum absolute atomic E-state index is 0.0922. The standard InChI is InChI=1S/C11H17N3O4/c1-8-6-10(13-18-8)14(9(2)15)7-11(16)12-4-5-17-3/h6H,4-5,7H2,1-3H3,(H,12,16). The van der Waals surface area contributed by atoms with E-state index >= 15 is 0 Å². The number of hydrogen-bond donors (Lipinski definition) is 1. The fourth-order valence-electron chi connectivity index (χ4n) is 1.33. The van der Waals surface area contributed by atoms with Gasteiger partial charge in [-0.1, -0.05) is 5.16 Å². The predicted molar refractivity (Wildman–Crippen MR) is 64.2 cm³/mol. The Hall–Kier alpha value is -1.89. The van der Waals surface area contributed by atoms with Crippen molar-refractivity contribution in [2.24, 2.45) is 0 Å². The molecule has 7 heteroatoms. The molecule has 1 heterocycles. The number of carbonyl (C=O) groups excluding carboxylic acids is 2. The summed E-state index contributed by atoms with van der Waals surface area (Å²) in [6.45, 7) is 3.82. The molecular formula is C11H17N3O4. The van der Waals surface area contributed by atoms with Crippen LogP contribution >= 0.6 is 0 Å². The summed E-state index contributed by atoms with van der Waals surface area (Å²) in [6, 6.07) is 1.60. The van der Waals surface area contributed by atoms with Gasteiger partial charge >= 0.3 is 0 Å². The maximum Gasteiger partial charge on any atom is 0.240 e.